The van der Waals surface area contributed by atoms with E-state index in [1.807, 2.05) is 24.3 Å². The number of alkyl halides is 3. The monoisotopic (exact) mass is 664 g/mol. The van der Waals surface area contributed by atoms with Gasteiger partial charge in [0.15, 0.2) is 3.79 Å². The molecule has 0 radical (unpaired) electrons. The second kappa shape index (κ2) is 17.1. The van der Waals surface area contributed by atoms with E-state index in [1.54, 1.807) is 0 Å². The minimum Gasteiger partial charge on any atom is -0.492 e. The van der Waals surface area contributed by atoms with Crippen LogP contribution >= 0.6 is 34.8 Å². The van der Waals surface area contributed by atoms with Crippen LogP contribution in [-0.4, -0.2) is 97.2 Å². The fourth-order valence-corrected chi connectivity index (χ4v) is 6.39. The van der Waals surface area contributed by atoms with Crippen LogP contribution in [0.15, 0.2) is 66.2 Å². The van der Waals surface area contributed by atoms with Gasteiger partial charge in [-0.25, -0.2) is 0 Å². The second-order valence-electron chi connectivity index (χ2n) is 11.7. The lowest BCUT2D eigenvalue weighted by molar-refractivity contribution is -0.122. The Bertz CT molecular complexity index is 1200. The van der Waals surface area contributed by atoms with Gasteiger partial charge in [0.25, 0.3) is 0 Å². The number of nitrogens with zero attached hydrogens (tertiary/aromatic N) is 3. The number of nitrogens with one attached hydrogen (secondary N) is 1. The minimum absolute atomic E-state index is 0.189. The van der Waals surface area contributed by atoms with Crippen molar-refractivity contribution in [1.82, 2.24) is 15.1 Å². The summed E-state index contributed by atoms with van der Waals surface area (Å²) < 4.78 is 10.0. The first kappa shape index (κ1) is 34.9. The Labute approximate surface area is 278 Å². The van der Waals surface area contributed by atoms with Gasteiger partial charge in [-0.3, -0.25) is 9.69 Å². The average molecular weight is 666 g/mol. The highest BCUT2D eigenvalue weighted by Crippen LogP contribution is 2.35. The Morgan fingerprint density at radius 1 is 1.05 bits per heavy atom. The third kappa shape index (κ3) is 11.4. The molecule has 2 aromatic carbocycles. The molecule has 1 aliphatic heterocycles. The number of halogens is 3. The van der Waals surface area contributed by atoms with Crippen LogP contribution < -0.4 is 15.0 Å². The normalized spacial score (nSPS) is 19.2. The van der Waals surface area contributed by atoms with Crippen molar-refractivity contribution in [3.05, 3.63) is 71.8 Å². The smallest absolute Gasteiger partial charge is 0.224 e. The maximum atomic E-state index is 13.0. The quantitative estimate of drug-likeness (QED) is 0.172. The van der Waals surface area contributed by atoms with Crippen molar-refractivity contribution >= 4 is 46.4 Å². The van der Waals surface area contributed by atoms with Gasteiger partial charge in [0.05, 0.1) is 25.2 Å². The fourth-order valence-electron chi connectivity index (χ4n) is 6.02. The molecule has 1 unspecified atom stereocenters. The zero-order valence-corrected chi connectivity index (χ0v) is 28.3. The minimum atomic E-state index is -1.64. The van der Waals surface area contributed by atoms with E-state index < -0.39 is 9.33 Å². The molecule has 7 nitrogen and oxygen atoms in total. The molecule has 1 atom stereocenters. The van der Waals surface area contributed by atoms with Crippen molar-refractivity contribution in [3.63, 3.8) is 0 Å². The molecule has 1 aliphatic carbocycles. The molecule has 1 heterocycles. The highest BCUT2D eigenvalue weighted by Gasteiger charge is 2.37. The first-order valence-corrected chi connectivity index (χ1v) is 16.9. The standard InChI is InChI=1S/C34H47Cl3N4O3/c1-3-39(4-2)15-16-41(30-11-8-12-31(23-30)44-22-19-40-17-20-43-21-18-40)27-29-13-14-33(25-29,24-28-9-6-5-7-10-28)38-32(42)26-34(35,36)37/h5-12,23,25H,3-4,13-22,24,26-27H2,1-2H3,(H,38,42). The van der Waals surface area contributed by atoms with E-state index in [0.29, 0.717) is 13.0 Å². The third-order valence-electron chi connectivity index (χ3n) is 8.42. The lowest BCUT2D eigenvalue weighted by Gasteiger charge is -2.30. The second-order valence-corrected chi connectivity index (χ2v) is 14.2. The van der Waals surface area contributed by atoms with Crippen molar-refractivity contribution in [2.24, 2.45) is 0 Å². The number of hydrogen-bond donors (Lipinski definition) is 1. The number of carbonyl (C=O) groups excluding carboxylic acids is 1. The molecule has 242 valence electrons. The highest BCUT2D eigenvalue weighted by molar-refractivity contribution is 6.68. The molecule has 0 bridgehead atoms. The molecular formula is C34H47Cl3N4O3. The number of amides is 1. The van der Waals surface area contributed by atoms with Crippen LogP contribution in [0.5, 0.6) is 5.75 Å². The van der Waals surface area contributed by atoms with Crippen LogP contribution in [-0.2, 0) is 16.0 Å². The van der Waals surface area contributed by atoms with Crippen molar-refractivity contribution < 1.29 is 14.3 Å². The van der Waals surface area contributed by atoms with Gasteiger partial charge in [-0.2, -0.15) is 0 Å². The number of carbonyl (C=O) groups is 1. The number of rotatable bonds is 16. The molecule has 1 saturated heterocycles. The average Bonchev–Trinajstić information content (AvgIpc) is 3.38. The molecule has 44 heavy (non-hydrogen) atoms. The summed E-state index contributed by atoms with van der Waals surface area (Å²) >= 11 is 17.9. The lowest BCUT2D eigenvalue weighted by Crippen LogP contribution is -2.48. The molecule has 1 fully saturated rings. The topological polar surface area (TPSA) is 57.3 Å². The predicted molar refractivity (Wildman–Crippen MR) is 182 cm³/mol. The molecule has 4 rings (SSSR count). The summed E-state index contributed by atoms with van der Waals surface area (Å²) in [5.74, 6) is 0.611. The molecule has 2 aliphatic rings. The Kier molecular flexibility index (Phi) is 13.5. The summed E-state index contributed by atoms with van der Waals surface area (Å²) in [6.45, 7) is 14.0. The van der Waals surface area contributed by atoms with Gasteiger partial charge in [-0.15, -0.1) is 0 Å². The van der Waals surface area contributed by atoms with E-state index in [9.17, 15) is 4.79 Å². The van der Waals surface area contributed by atoms with Crippen molar-refractivity contribution in [3.8, 4) is 5.75 Å². The Morgan fingerprint density at radius 2 is 1.80 bits per heavy atom. The predicted octanol–water partition coefficient (Wildman–Crippen LogP) is 6.12. The summed E-state index contributed by atoms with van der Waals surface area (Å²) in [6.07, 6.45) is 4.40. The first-order chi connectivity index (χ1) is 21.2. The van der Waals surface area contributed by atoms with Crippen molar-refractivity contribution in [1.29, 1.82) is 0 Å². The highest BCUT2D eigenvalue weighted by atomic mass is 35.6. The van der Waals surface area contributed by atoms with Gasteiger partial charge < -0.3 is 24.6 Å². The zero-order valence-electron chi connectivity index (χ0n) is 26.1. The van der Waals surface area contributed by atoms with Gasteiger partial charge in [0.2, 0.25) is 5.91 Å². The number of ether oxygens (including phenoxy) is 2. The van der Waals surface area contributed by atoms with Crippen molar-refractivity contribution in [2.45, 2.75) is 48.9 Å². The largest absolute Gasteiger partial charge is 0.492 e. The third-order valence-corrected chi connectivity index (χ3v) is 8.82. The van der Waals surface area contributed by atoms with Crippen LogP contribution in [0.25, 0.3) is 0 Å². The SMILES string of the molecule is CCN(CC)CCN(CC1=CC(Cc2ccccc2)(NC(=O)CC(Cl)(Cl)Cl)CC1)c1cccc(OCCN2CCOCC2)c1. The molecule has 0 spiro atoms. The summed E-state index contributed by atoms with van der Waals surface area (Å²) in [7, 11) is 0. The number of benzene rings is 2. The Hall–Kier alpha value is -2.00. The maximum Gasteiger partial charge on any atom is 0.224 e. The van der Waals surface area contributed by atoms with Gasteiger partial charge in [-0.1, -0.05) is 96.7 Å². The van der Waals surface area contributed by atoms with Crippen LogP contribution in [0.3, 0.4) is 0 Å². The van der Waals surface area contributed by atoms with Crippen molar-refractivity contribution in [2.75, 3.05) is 77.1 Å². The number of hydrogen-bond acceptors (Lipinski definition) is 6. The van der Waals surface area contributed by atoms with Gasteiger partial charge >= 0.3 is 0 Å². The molecule has 2 aromatic rings. The van der Waals surface area contributed by atoms with Crippen LogP contribution in [0.2, 0.25) is 0 Å². The van der Waals surface area contributed by atoms with E-state index in [1.165, 1.54) is 5.57 Å². The molecule has 10 heteroatoms. The zero-order chi connectivity index (χ0) is 31.4. The first-order valence-electron chi connectivity index (χ1n) is 15.8. The number of anilines is 1. The number of likely N-dealkylation sites (N-methyl/N-ethyl adjacent to an activating group) is 1. The van der Waals surface area contributed by atoms with Crippen LogP contribution in [0.1, 0.15) is 38.7 Å². The number of morpholine rings is 1. The van der Waals surface area contributed by atoms with E-state index in [0.717, 1.165) is 95.4 Å². The van der Waals surface area contributed by atoms with Gasteiger partial charge in [0, 0.05) is 51.0 Å². The Morgan fingerprint density at radius 3 is 2.50 bits per heavy atom. The van der Waals surface area contributed by atoms with Crippen LogP contribution in [0.4, 0.5) is 5.69 Å². The van der Waals surface area contributed by atoms with Gasteiger partial charge in [-0.05, 0) is 50.0 Å². The molecule has 1 N–H and O–H groups in total. The summed E-state index contributed by atoms with van der Waals surface area (Å²) in [5.41, 5.74) is 3.02. The molecular weight excluding hydrogens is 619 g/mol. The van der Waals surface area contributed by atoms with Crippen LogP contribution in [0, 0.1) is 0 Å². The molecule has 1 amide bonds. The molecule has 0 saturated carbocycles. The van der Waals surface area contributed by atoms with E-state index >= 15 is 0 Å². The summed E-state index contributed by atoms with van der Waals surface area (Å²) in [4.78, 5) is 20.2. The molecule has 0 aromatic heterocycles. The summed E-state index contributed by atoms with van der Waals surface area (Å²) in [6, 6.07) is 18.7. The van der Waals surface area contributed by atoms with E-state index in [2.05, 4.69) is 70.3 Å². The fraction of sp³-hybridized carbons (Fsp3) is 0.559. The Balaban J connectivity index is 1.51. The van der Waals surface area contributed by atoms with E-state index in [-0.39, 0.29) is 12.3 Å². The lowest BCUT2D eigenvalue weighted by atomic mass is 9.90. The maximum absolute atomic E-state index is 13.0. The van der Waals surface area contributed by atoms with Gasteiger partial charge in [0.1, 0.15) is 12.4 Å². The van der Waals surface area contributed by atoms with E-state index in [4.69, 9.17) is 44.3 Å². The summed E-state index contributed by atoms with van der Waals surface area (Å²) in [5, 5.41) is 3.24.